The summed E-state index contributed by atoms with van der Waals surface area (Å²) in [6.45, 7) is 1.84. The number of benzene rings is 1. The average molecular weight is 288 g/mol. The van der Waals surface area contributed by atoms with Crippen molar-refractivity contribution in [3.05, 3.63) is 35.1 Å². The van der Waals surface area contributed by atoms with Crippen LogP contribution in [0.3, 0.4) is 0 Å². The Kier molecular flexibility index (Phi) is 3.31. The molecule has 0 aromatic heterocycles. The van der Waals surface area contributed by atoms with Gasteiger partial charge in [0.05, 0.1) is 0 Å². The topological polar surface area (TPSA) is 38.0 Å². The minimum atomic E-state index is -0.125. The molecule has 5 rings (SSSR count). The summed E-state index contributed by atoms with van der Waals surface area (Å²) in [4.78, 5) is 0. The number of halogens is 1. The number of hydrogen-bond donors (Lipinski definition) is 2. The van der Waals surface area contributed by atoms with Gasteiger partial charge < -0.3 is 0 Å². The van der Waals surface area contributed by atoms with Crippen LogP contribution in [0, 0.1) is 42.3 Å². The van der Waals surface area contributed by atoms with Crippen molar-refractivity contribution in [2.45, 2.75) is 45.1 Å². The van der Waals surface area contributed by atoms with E-state index in [0.29, 0.717) is 5.92 Å². The van der Waals surface area contributed by atoms with E-state index in [1.807, 2.05) is 19.1 Å². The molecule has 4 aliphatic rings. The molecule has 0 saturated heterocycles. The van der Waals surface area contributed by atoms with E-state index in [2.05, 4.69) is 5.43 Å². The highest BCUT2D eigenvalue weighted by Crippen LogP contribution is 2.59. The molecule has 21 heavy (non-hydrogen) atoms. The molecule has 2 nitrogen and oxygen atoms in total. The summed E-state index contributed by atoms with van der Waals surface area (Å²) < 4.78 is 13.5. The molecule has 3 N–H and O–H groups in total. The zero-order valence-electron chi connectivity index (χ0n) is 12.7. The summed E-state index contributed by atoms with van der Waals surface area (Å²) in [6.07, 6.45) is 7.01. The molecule has 0 aliphatic heterocycles. The van der Waals surface area contributed by atoms with Crippen LogP contribution in [0.15, 0.2) is 18.2 Å². The maximum Gasteiger partial charge on any atom is 0.126 e. The number of hydrazine groups is 1. The predicted molar refractivity (Wildman–Crippen MR) is 81.7 cm³/mol. The molecule has 0 radical (unpaired) electrons. The van der Waals surface area contributed by atoms with E-state index in [4.69, 9.17) is 5.84 Å². The summed E-state index contributed by atoms with van der Waals surface area (Å²) in [5.74, 6) is 10.0. The Labute approximate surface area is 126 Å². The van der Waals surface area contributed by atoms with Crippen molar-refractivity contribution >= 4 is 0 Å². The largest absolute Gasteiger partial charge is 0.271 e. The third-order valence-electron chi connectivity index (χ3n) is 6.41. The summed E-state index contributed by atoms with van der Waals surface area (Å²) in [6, 6.07) is 5.66. The zero-order chi connectivity index (χ0) is 14.6. The van der Waals surface area contributed by atoms with Gasteiger partial charge >= 0.3 is 0 Å². The zero-order valence-corrected chi connectivity index (χ0v) is 12.7. The lowest BCUT2D eigenvalue weighted by molar-refractivity contribution is -0.0525. The van der Waals surface area contributed by atoms with E-state index in [-0.39, 0.29) is 11.9 Å². The van der Waals surface area contributed by atoms with Crippen LogP contribution in [0.2, 0.25) is 0 Å². The monoisotopic (exact) mass is 288 g/mol. The van der Waals surface area contributed by atoms with Gasteiger partial charge in [-0.05, 0) is 85.8 Å². The molecule has 0 heterocycles. The molecular weight excluding hydrogens is 263 g/mol. The van der Waals surface area contributed by atoms with E-state index in [0.717, 1.165) is 34.8 Å². The second-order valence-electron chi connectivity index (χ2n) is 7.66. The Bertz CT molecular complexity index is 514. The maximum absolute atomic E-state index is 13.5. The quantitative estimate of drug-likeness (QED) is 0.657. The Morgan fingerprint density at radius 3 is 2.24 bits per heavy atom. The van der Waals surface area contributed by atoms with Gasteiger partial charge in [0.1, 0.15) is 5.82 Å². The Hall–Kier alpha value is -0.930. The fourth-order valence-corrected chi connectivity index (χ4v) is 5.80. The van der Waals surface area contributed by atoms with E-state index in [1.54, 1.807) is 6.07 Å². The predicted octanol–water partition coefficient (Wildman–Crippen LogP) is 3.71. The van der Waals surface area contributed by atoms with Gasteiger partial charge in [-0.1, -0.05) is 12.1 Å². The van der Waals surface area contributed by atoms with Crippen LogP contribution in [0.1, 0.15) is 49.3 Å². The molecule has 4 bridgehead atoms. The van der Waals surface area contributed by atoms with Gasteiger partial charge in [-0.3, -0.25) is 11.3 Å². The SMILES string of the molecule is Cc1cc(C(NN)C2C3CC4CC(C3)CC2C4)ccc1F. The Morgan fingerprint density at radius 1 is 1.10 bits per heavy atom. The number of aryl methyl sites for hydroxylation is 1. The average Bonchev–Trinajstić information content (AvgIpc) is 2.45. The minimum absolute atomic E-state index is 0.125. The molecule has 1 unspecified atom stereocenters. The van der Waals surface area contributed by atoms with E-state index < -0.39 is 0 Å². The first-order chi connectivity index (χ1) is 10.2. The highest BCUT2D eigenvalue weighted by atomic mass is 19.1. The fourth-order valence-electron chi connectivity index (χ4n) is 5.80. The lowest BCUT2D eigenvalue weighted by Gasteiger charge is -2.56. The van der Waals surface area contributed by atoms with Crippen molar-refractivity contribution in [1.82, 2.24) is 5.43 Å². The second-order valence-corrected chi connectivity index (χ2v) is 7.66. The summed E-state index contributed by atoms with van der Waals surface area (Å²) >= 11 is 0. The number of rotatable bonds is 3. The lowest BCUT2D eigenvalue weighted by Crippen LogP contribution is -2.50. The van der Waals surface area contributed by atoms with Crippen molar-refractivity contribution in [3.8, 4) is 0 Å². The second kappa shape index (κ2) is 5.06. The fraction of sp³-hybridized carbons (Fsp3) is 0.667. The molecule has 4 aliphatic carbocycles. The highest BCUT2D eigenvalue weighted by molar-refractivity contribution is 5.27. The van der Waals surface area contributed by atoms with Crippen LogP contribution in [0.4, 0.5) is 4.39 Å². The van der Waals surface area contributed by atoms with Gasteiger partial charge in [0.2, 0.25) is 0 Å². The Balaban J connectivity index is 1.65. The standard InChI is InChI=1S/C18H25FN2/c1-10-4-13(2-3-16(10)19)18(21-20)17-14-6-11-5-12(8-14)9-15(17)7-11/h2-4,11-12,14-15,17-18,21H,5-9,20H2,1H3. The van der Waals surface area contributed by atoms with Crippen LogP contribution in [0.5, 0.6) is 0 Å². The van der Waals surface area contributed by atoms with E-state index in [9.17, 15) is 4.39 Å². The molecule has 4 saturated carbocycles. The van der Waals surface area contributed by atoms with Crippen LogP contribution in [-0.2, 0) is 0 Å². The summed E-state index contributed by atoms with van der Waals surface area (Å²) in [7, 11) is 0. The van der Waals surface area contributed by atoms with Crippen LogP contribution < -0.4 is 11.3 Å². The first kappa shape index (κ1) is 13.7. The van der Waals surface area contributed by atoms with Gasteiger partial charge in [-0.15, -0.1) is 0 Å². The minimum Gasteiger partial charge on any atom is -0.271 e. The van der Waals surface area contributed by atoms with Gasteiger partial charge in [0.15, 0.2) is 0 Å². The smallest absolute Gasteiger partial charge is 0.126 e. The van der Waals surface area contributed by atoms with Gasteiger partial charge in [0.25, 0.3) is 0 Å². The van der Waals surface area contributed by atoms with E-state index in [1.165, 1.54) is 32.1 Å². The maximum atomic E-state index is 13.5. The molecular formula is C18H25FN2. The highest BCUT2D eigenvalue weighted by Gasteiger charge is 2.50. The van der Waals surface area contributed by atoms with Crippen LogP contribution in [-0.4, -0.2) is 0 Å². The van der Waals surface area contributed by atoms with Crippen molar-refractivity contribution in [3.63, 3.8) is 0 Å². The molecule has 114 valence electrons. The molecule has 3 heteroatoms. The number of nitrogens with one attached hydrogen (secondary N) is 1. The molecule has 0 amide bonds. The van der Waals surface area contributed by atoms with Gasteiger partial charge in [-0.2, -0.15) is 0 Å². The molecule has 0 spiro atoms. The Morgan fingerprint density at radius 2 is 1.71 bits per heavy atom. The molecule has 4 fully saturated rings. The lowest BCUT2D eigenvalue weighted by atomic mass is 9.50. The van der Waals surface area contributed by atoms with Crippen molar-refractivity contribution < 1.29 is 4.39 Å². The van der Waals surface area contributed by atoms with Crippen molar-refractivity contribution in [1.29, 1.82) is 0 Å². The first-order valence-corrected chi connectivity index (χ1v) is 8.38. The number of hydrogen-bond acceptors (Lipinski definition) is 2. The summed E-state index contributed by atoms with van der Waals surface area (Å²) in [5.41, 5.74) is 4.95. The third kappa shape index (κ3) is 2.22. The van der Waals surface area contributed by atoms with Gasteiger partial charge in [-0.25, -0.2) is 4.39 Å². The van der Waals surface area contributed by atoms with Gasteiger partial charge in [0, 0.05) is 6.04 Å². The van der Waals surface area contributed by atoms with Crippen molar-refractivity contribution in [2.75, 3.05) is 0 Å². The summed E-state index contributed by atoms with van der Waals surface area (Å²) in [5, 5.41) is 0. The molecule has 1 aromatic rings. The molecule has 1 aromatic carbocycles. The van der Waals surface area contributed by atoms with E-state index >= 15 is 0 Å². The first-order valence-electron chi connectivity index (χ1n) is 8.38. The van der Waals surface area contributed by atoms with Crippen LogP contribution in [0.25, 0.3) is 0 Å². The normalized spacial score (nSPS) is 38.7. The molecule has 1 atom stereocenters. The number of nitrogens with two attached hydrogens (primary N) is 1. The van der Waals surface area contributed by atoms with Crippen molar-refractivity contribution in [2.24, 2.45) is 35.4 Å². The third-order valence-corrected chi connectivity index (χ3v) is 6.41. The van der Waals surface area contributed by atoms with Crippen LogP contribution >= 0.6 is 0 Å².